The van der Waals surface area contributed by atoms with Crippen molar-refractivity contribution < 1.29 is 19.1 Å². The molecule has 3 aromatic carbocycles. The molecule has 0 fully saturated rings. The number of hydrogen-bond donors (Lipinski definition) is 0. The van der Waals surface area contributed by atoms with Crippen LogP contribution < -0.4 is 9.47 Å². The van der Waals surface area contributed by atoms with E-state index in [1.165, 1.54) is 12.1 Å². The first-order valence-corrected chi connectivity index (χ1v) is 7.85. The van der Waals surface area contributed by atoms with Gasteiger partial charge in [0.1, 0.15) is 17.1 Å². The number of carbonyl (C=O) groups is 2. The molecule has 3 aromatic rings. The van der Waals surface area contributed by atoms with E-state index in [1.54, 1.807) is 60.7 Å². The van der Waals surface area contributed by atoms with Gasteiger partial charge in [0.2, 0.25) is 0 Å². The maximum absolute atomic E-state index is 12.4. The lowest BCUT2D eigenvalue weighted by Gasteiger charge is -2.10. The Balaban J connectivity index is 1.79. The largest absolute Gasteiger partial charge is 0.423 e. The van der Waals surface area contributed by atoms with Crippen LogP contribution in [-0.4, -0.2) is 11.9 Å². The average molecular weight is 353 g/mol. The molecule has 0 heterocycles. The molecule has 0 N–H and O–H groups in total. The lowest BCUT2D eigenvalue weighted by Crippen LogP contribution is -2.14. The van der Waals surface area contributed by atoms with E-state index >= 15 is 0 Å². The molecule has 0 amide bonds. The van der Waals surface area contributed by atoms with Gasteiger partial charge in [-0.3, -0.25) is 0 Å². The van der Waals surface area contributed by atoms with E-state index in [-0.39, 0.29) is 11.3 Å². The first-order valence-electron chi connectivity index (χ1n) is 7.47. The molecule has 0 atom stereocenters. The van der Waals surface area contributed by atoms with E-state index in [1.807, 2.05) is 6.07 Å². The van der Waals surface area contributed by atoms with E-state index in [2.05, 4.69) is 0 Å². The van der Waals surface area contributed by atoms with Crippen LogP contribution in [0.4, 0.5) is 0 Å². The molecule has 25 heavy (non-hydrogen) atoms. The second-order valence-corrected chi connectivity index (χ2v) is 5.53. The number of ether oxygens (including phenoxy) is 2. The Morgan fingerprint density at radius 3 is 2.04 bits per heavy atom. The molecule has 3 rings (SSSR count). The van der Waals surface area contributed by atoms with Crippen LogP contribution in [-0.2, 0) is 0 Å². The topological polar surface area (TPSA) is 52.6 Å². The molecule has 0 radical (unpaired) electrons. The summed E-state index contributed by atoms with van der Waals surface area (Å²) < 4.78 is 10.6. The summed E-state index contributed by atoms with van der Waals surface area (Å²) in [4.78, 5) is 24.6. The van der Waals surface area contributed by atoms with Gasteiger partial charge < -0.3 is 9.47 Å². The van der Waals surface area contributed by atoms with Crippen LogP contribution in [0.25, 0.3) is 0 Å². The van der Waals surface area contributed by atoms with Gasteiger partial charge in [0.15, 0.2) is 0 Å². The molecule has 5 heteroatoms. The molecular formula is C20H13ClO4. The third kappa shape index (κ3) is 4.25. The van der Waals surface area contributed by atoms with Gasteiger partial charge in [-0.05, 0) is 48.5 Å². The minimum absolute atomic E-state index is 0.128. The molecule has 0 saturated heterocycles. The molecule has 0 aliphatic heterocycles. The number of rotatable bonds is 4. The second kappa shape index (κ2) is 7.64. The van der Waals surface area contributed by atoms with Gasteiger partial charge in [0, 0.05) is 5.02 Å². The third-order valence-corrected chi connectivity index (χ3v) is 3.60. The molecule has 124 valence electrons. The van der Waals surface area contributed by atoms with Gasteiger partial charge in [-0.1, -0.05) is 41.9 Å². The highest BCUT2D eigenvalue weighted by atomic mass is 35.5. The highest BCUT2D eigenvalue weighted by Crippen LogP contribution is 2.22. The van der Waals surface area contributed by atoms with Crippen LogP contribution in [0.2, 0.25) is 5.02 Å². The summed E-state index contributed by atoms with van der Waals surface area (Å²) in [6.07, 6.45) is 0. The van der Waals surface area contributed by atoms with Crippen molar-refractivity contribution in [2.45, 2.75) is 0 Å². The molecule has 0 aliphatic rings. The van der Waals surface area contributed by atoms with E-state index in [0.717, 1.165) is 0 Å². The Morgan fingerprint density at radius 1 is 0.680 bits per heavy atom. The fraction of sp³-hybridized carbons (Fsp3) is 0. The van der Waals surface area contributed by atoms with Gasteiger partial charge >= 0.3 is 11.9 Å². The first-order chi connectivity index (χ1) is 12.1. The standard InChI is InChI=1S/C20H13ClO4/c21-15-12-10-14(11-13-15)19(22)25-18-9-5-4-8-17(18)20(23)24-16-6-2-1-3-7-16/h1-13H. The van der Waals surface area contributed by atoms with Crippen molar-refractivity contribution in [1.82, 2.24) is 0 Å². The summed E-state index contributed by atoms with van der Waals surface area (Å²) in [7, 11) is 0. The van der Waals surface area contributed by atoms with E-state index in [0.29, 0.717) is 16.3 Å². The summed E-state index contributed by atoms with van der Waals surface area (Å²) in [6.45, 7) is 0. The number of carbonyl (C=O) groups excluding carboxylic acids is 2. The first kappa shape index (κ1) is 16.7. The number of para-hydroxylation sites is 2. The fourth-order valence-corrected chi connectivity index (χ4v) is 2.25. The molecule has 0 aliphatic carbocycles. The third-order valence-electron chi connectivity index (χ3n) is 3.34. The maximum Gasteiger partial charge on any atom is 0.347 e. The van der Waals surface area contributed by atoms with Gasteiger partial charge in [-0.15, -0.1) is 0 Å². The van der Waals surface area contributed by atoms with Gasteiger partial charge in [-0.25, -0.2) is 9.59 Å². The molecule has 0 spiro atoms. The Labute approximate surface area is 149 Å². The summed E-state index contributed by atoms with van der Waals surface area (Å²) in [6, 6.07) is 21.4. The molecule has 4 nitrogen and oxygen atoms in total. The van der Waals surface area contributed by atoms with Crippen LogP contribution in [0.1, 0.15) is 20.7 Å². The predicted molar refractivity (Wildman–Crippen MR) is 94.3 cm³/mol. The quantitative estimate of drug-likeness (QED) is 0.501. The number of hydrogen-bond acceptors (Lipinski definition) is 4. The Hall–Kier alpha value is -3.11. The van der Waals surface area contributed by atoms with Gasteiger partial charge in [-0.2, -0.15) is 0 Å². The lowest BCUT2D eigenvalue weighted by atomic mass is 10.2. The summed E-state index contributed by atoms with van der Waals surface area (Å²) >= 11 is 5.81. The minimum Gasteiger partial charge on any atom is -0.423 e. The molecule has 0 bridgehead atoms. The van der Waals surface area contributed by atoms with Crippen molar-refractivity contribution in [3.8, 4) is 11.5 Å². The van der Waals surface area contributed by atoms with Gasteiger partial charge in [0.25, 0.3) is 0 Å². The smallest absolute Gasteiger partial charge is 0.347 e. The van der Waals surface area contributed by atoms with Gasteiger partial charge in [0.05, 0.1) is 5.56 Å². The zero-order valence-electron chi connectivity index (χ0n) is 13.0. The minimum atomic E-state index is -0.606. The van der Waals surface area contributed by atoms with Crippen molar-refractivity contribution in [2.75, 3.05) is 0 Å². The zero-order chi connectivity index (χ0) is 17.6. The Kier molecular flexibility index (Phi) is 5.11. The van der Waals surface area contributed by atoms with Crippen molar-refractivity contribution >= 4 is 23.5 Å². The van der Waals surface area contributed by atoms with Crippen molar-refractivity contribution in [3.05, 3.63) is 95.0 Å². The average Bonchev–Trinajstić information content (AvgIpc) is 2.63. The normalized spacial score (nSPS) is 10.1. The highest BCUT2D eigenvalue weighted by Gasteiger charge is 2.17. The molecule has 0 aromatic heterocycles. The van der Waals surface area contributed by atoms with Crippen LogP contribution in [0.5, 0.6) is 11.5 Å². The maximum atomic E-state index is 12.4. The van der Waals surface area contributed by atoms with Crippen molar-refractivity contribution in [2.24, 2.45) is 0 Å². The number of benzene rings is 3. The predicted octanol–water partition coefficient (Wildman–Crippen LogP) is 4.78. The molecular weight excluding hydrogens is 340 g/mol. The van der Waals surface area contributed by atoms with Crippen LogP contribution in [0.15, 0.2) is 78.9 Å². The monoisotopic (exact) mass is 352 g/mol. The molecule has 0 unspecified atom stereocenters. The van der Waals surface area contributed by atoms with E-state index < -0.39 is 11.9 Å². The fourth-order valence-electron chi connectivity index (χ4n) is 2.12. The summed E-state index contributed by atoms with van der Waals surface area (Å²) in [5, 5.41) is 0.517. The van der Waals surface area contributed by atoms with Crippen LogP contribution in [0.3, 0.4) is 0 Å². The lowest BCUT2D eigenvalue weighted by molar-refractivity contribution is 0.0707. The Morgan fingerprint density at radius 2 is 1.32 bits per heavy atom. The van der Waals surface area contributed by atoms with Crippen LogP contribution >= 0.6 is 11.6 Å². The van der Waals surface area contributed by atoms with E-state index in [4.69, 9.17) is 21.1 Å². The van der Waals surface area contributed by atoms with Crippen molar-refractivity contribution in [3.63, 3.8) is 0 Å². The highest BCUT2D eigenvalue weighted by molar-refractivity contribution is 6.30. The molecule has 0 saturated carbocycles. The Bertz CT molecular complexity index is 889. The second-order valence-electron chi connectivity index (χ2n) is 5.10. The SMILES string of the molecule is O=C(Oc1ccccc1C(=O)Oc1ccccc1)c1ccc(Cl)cc1. The summed E-state index contributed by atoms with van der Waals surface area (Å²) in [5.41, 5.74) is 0.490. The number of esters is 2. The summed E-state index contributed by atoms with van der Waals surface area (Å²) in [5.74, 6) is -0.656. The van der Waals surface area contributed by atoms with Crippen molar-refractivity contribution in [1.29, 1.82) is 0 Å². The van der Waals surface area contributed by atoms with Crippen LogP contribution in [0, 0.1) is 0 Å². The van der Waals surface area contributed by atoms with E-state index in [9.17, 15) is 9.59 Å². The number of halogens is 1. The zero-order valence-corrected chi connectivity index (χ0v) is 13.8.